The summed E-state index contributed by atoms with van der Waals surface area (Å²) in [6, 6.07) is 0.526. The molecule has 0 aliphatic heterocycles. The molecular formula is C10H20N2O. The summed E-state index contributed by atoms with van der Waals surface area (Å²) < 4.78 is 0. The van der Waals surface area contributed by atoms with Crippen LogP contribution in [0.4, 0.5) is 0 Å². The van der Waals surface area contributed by atoms with Crippen LogP contribution in [0.2, 0.25) is 0 Å². The molecule has 0 rings (SSSR count). The molecule has 3 heteroatoms. The van der Waals surface area contributed by atoms with Crippen molar-refractivity contribution in [3.8, 4) is 0 Å². The second kappa shape index (κ2) is 6.66. The third-order valence-electron chi connectivity index (χ3n) is 1.96. The largest absolute Gasteiger partial charge is 0.351 e. The van der Waals surface area contributed by atoms with Gasteiger partial charge in [-0.1, -0.05) is 6.08 Å². The van der Waals surface area contributed by atoms with Crippen molar-refractivity contribution in [1.29, 1.82) is 0 Å². The lowest BCUT2D eigenvalue weighted by molar-refractivity contribution is -0.116. The van der Waals surface area contributed by atoms with E-state index in [1.165, 1.54) is 6.08 Å². The Morgan fingerprint density at radius 1 is 1.54 bits per heavy atom. The van der Waals surface area contributed by atoms with Gasteiger partial charge in [0.25, 0.3) is 0 Å². The monoisotopic (exact) mass is 184 g/mol. The topological polar surface area (TPSA) is 32.3 Å². The third kappa shape index (κ3) is 6.34. The van der Waals surface area contributed by atoms with E-state index in [4.69, 9.17) is 0 Å². The molecule has 76 valence electrons. The molecule has 0 aliphatic carbocycles. The van der Waals surface area contributed by atoms with E-state index in [0.29, 0.717) is 12.6 Å². The first-order valence-corrected chi connectivity index (χ1v) is 4.68. The number of hydrogen-bond donors (Lipinski definition) is 1. The summed E-state index contributed by atoms with van der Waals surface area (Å²) in [4.78, 5) is 13.2. The highest BCUT2D eigenvalue weighted by atomic mass is 16.1. The predicted octanol–water partition coefficient (Wildman–Crippen LogP) is 1.02. The number of hydrogen-bond acceptors (Lipinski definition) is 2. The van der Waals surface area contributed by atoms with E-state index in [2.05, 4.69) is 24.1 Å². The maximum Gasteiger partial charge on any atom is 0.243 e. The Labute approximate surface area is 80.8 Å². The second-order valence-corrected chi connectivity index (χ2v) is 3.37. The van der Waals surface area contributed by atoms with Gasteiger partial charge in [-0.25, -0.2) is 0 Å². The smallest absolute Gasteiger partial charge is 0.243 e. The molecule has 0 unspecified atom stereocenters. The first-order valence-electron chi connectivity index (χ1n) is 4.68. The van der Waals surface area contributed by atoms with Crippen molar-refractivity contribution in [3.63, 3.8) is 0 Å². The van der Waals surface area contributed by atoms with Gasteiger partial charge in [-0.2, -0.15) is 0 Å². The Balaban J connectivity index is 3.50. The minimum Gasteiger partial charge on any atom is -0.351 e. The number of carbonyl (C=O) groups excluding carboxylic acids is 1. The Bertz CT molecular complexity index is 176. The first-order chi connectivity index (χ1) is 6.07. The van der Waals surface area contributed by atoms with E-state index in [1.54, 1.807) is 6.08 Å². The van der Waals surface area contributed by atoms with Crippen LogP contribution in [0.1, 0.15) is 20.8 Å². The fourth-order valence-corrected chi connectivity index (χ4v) is 0.824. The average molecular weight is 184 g/mol. The quantitative estimate of drug-likeness (QED) is 0.647. The molecule has 0 heterocycles. The van der Waals surface area contributed by atoms with Gasteiger partial charge in [0, 0.05) is 19.1 Å². The molecule has 0 bridgehead atoms. The van der Waals surface area contributed by atoms with Gasteiger partial charge in [-0.15, -0.1) is 0 Å². The number of nitrogens with one attached hydrogen (secondary N) is 1. The van der Waals surface area contributed by atoms with Crippen molar-refractivity contribution in [2.24, 2.45) is 0 Å². The van der Waals surface area contributed by atoms with Crippen molar-refractivity contribution in [2.75, 3.05) is 20.1 Å². The number of amides is 1. The summed E-state index contributed by atoms with van der Waals surface area (Å²) in [6.07, 6.45) is 3.27. The van der Waals surface area contributed by atoms with Crippen molar-refractivity contribution in [1.82, 2.24) is 10.2 Å². The van der Waals surface area contributed by atoms with E-state index in [1.807, 2.05) is 14.0 Å². The molecule has 0 aromatic heterocycles. The number of nitrogens with zero attached hydrogens (tertiary/aromatic N) is 1. The van der Waals surface area contributed by atoms with Gasteiger partial charge in [0.2, 0.25) is 5.91 Å². The fourth-order valence-electron chi connectivity index (χ4n) is 0.824. The molecule has 13 heavy (non-hydrogen) atoms. The zero-order chi connectivity index (χ0) is 10.3. The molecule has 0 radical (unpaired) electrons. The Hall–Kier alpha value is -0.830. The van der Waals surface area contributed by atoms with Crippen LogP contribution in [0, 0.1) is 0 Å². The Morgan fingerprint density at radius 2 is 2.15 bits per heavy atom. The fraction of sp³-hybridized carbons (Fsp3) is 0.700. The summed E-state index contributed by atoms with van der Waals surface area (Å²) in [7, 11) is 2.05. The number of allylic oxidation sites excluding steroid dienone is 1. The van der Waals surface area contributed by atoms with Crippen LogP contribution in [-0.4, -0.2) is 37.0 Å². The SMILES string of the molecule is CC=CC(=O)NCCN(C)C(C)C. The lowest BCUT2D eigenvalue weighted by Crippen LogP contribution is -2.35. The van der Waals surface area contributed by atoms with Crippen LogP contribution >= 0.6 is 0 Å². The molecule has 1 amide bonds. The molecule has 0 aromatic carbocycles. The maximum atomic E-state index is 11.0. The zero-order valence-electron chi connectivity index (χ0n) is 9.00. The van der Waals surface area contributed by atoms with E-state index in [-0.39, 0.29) is 5.91 Å². The molecule has 3 nitrogen and oxygen atoms in total. The number of rotatable bonds is 5. The molecular weight excluding hydrogens is 164 g/mol. The van der Waals surface area contributed by atoms with Crippen LogP contribution in [-0.2, 0) is 4.79 Å². The van der Waals surface area contributed by atoms with Crippen LogP contribution in [0.3, 0.4) is 0 Å². The normalized spacial score (nSPS) is 11.5. The van der Waals surface area contributed by atoms with Gasteiger partial charge >= 0.3 is 0 Å². The lowest BCUT2D eigenvalue weighted by Gasteiger charge is -2.20. The second-order valence-electron chi connectivity index (χ2n) is 3.37. The summed E-state index contributed by atoms with van der Waals surface area (Å²) in [5.41, 5.74) is 0. The highest BCUT2D eigenvalue weighted by Gasteiger charge is 2.02. The number of carbonyl (C=O) groups is 1. The maximum absolute atomic E-state index is 11.0. The highest BCUT2D eigenvalue weighted by molar-refractivity contribution is 5.87. The van der Waals surface area contributed by atoms with Crippen LogP contribution < -0.4 is 5.32 Å². The summed E-state index contributed by atoms with van der Waals surface area (Å²) >= 11 is 0. The third-order valence-corrected chi connectivity index (χ3v) is 1.96. The predicted molar refractivity (Wildman–Crippen MR) is 55.6 cm³/mol. The minimum atomic E-state index is -0.0142. The average Bonchev–Trinajstić information content (AvgIpc) is 2.04. The number of likely N-dealkylation sites (N-methyl/N-ethyl adjacent to an activating group) is 1. The molecule has 0 fully saturated rings. The molecule has 0 saturated heterocycles. The van der Waals surface area contributed by atoms with Crippen LogP contribution in [0.15, 0.2) is 12.2 Å². The Morgan fingerprint density at radius 3 is 2.62 bits per heavy atom. The van der Waals surface area contributed by atoms with Gasteiger partial charge in [0.15, 0.2) is 0 Å². The molecule has 0 saturated carbocycles. The Kier molecular flexibility index (Phi) is 6.24. The lowest BCUT2D eigenvalue weighted by atomic mass is 10.3. The van der Waals surface area contributed by atoms with Gasteiger partial charge in [-0.05, 0) is 33.9 Å². The minimum absolute atomic E-state index is 0.0142. The molecule has 1 N–H and O–H groups in total. The van der Waals surface area contributed by atoms with Crippen molar-refractivity contribution in [2.45, 2.75) is 26.8 Å². The van der Waals surface area contributed by atoms with Gasteiger partial charge in [0.05, 0.1) is 0 Å². The van der Waals surface area contributed by atoms with Crippen molar-refractivity contribution < 1.29 is 4.79 Å². The molecule has 0 atom stereocenters. The summed E-state index contributed by atoms with van der Waals surface area (Å²) in [6.45, 7) is 7.69. The van der Waals surface area contributed by atoms with Crippen LogP contribution in [0.25, 0.3) is 0 Å². The van der Waals surface area contributed by atoms with Gasteiger partial charge < -0.3 is 10.2 Å². The summed E-state index contributed by atoms with van der Waals surface area (Å²) in [5.74, 6) is -0.0142. The van der Waals surface area contributed by atoms with Crippen LogP contribution in [0.5, 0.6) is 0 Å². The standard InChI is InChI=1S/C10H20N2O/c1-5-6-10(13)11-7-8-12(4)9(2)3/h5-6,9H,7-8H2,1-4H3,(H,11,13). The van der Waals surface area contributed by atoms with E-state index in [9.17, 15) is 4.79 Å². The van der Waals surface area contributed by atoms with E-state index >= 15 is 0 Å². The molecule has 0 spiro atoms. The van der Waals surface area contributed by atoms with E-state index in [0.717, 1.165) is 6.54 Å². The first kappa shape index (κ1) is 12.2. The molecule has 0 aromatic rings. The zero-order valence-corrected chi connectivity index (χ0v) is 9.00. The highest BCUT2D eigenvalue weighted by Crippen LogP contribution is 1.90. The van der Waals surface area contributed by atoms with E-state index < -0.39 is 0 Å². The van der Waals surface area contributed by atoms with Gasteiger partial charge in [-0.3, -0.25) is 4.79 Å². The van der Waals surface area contributed by atoms with Crippen molar-refractivity contribution in [3.05, 3.63) is 12.2 Å². The van der Waals surface area contributed by atoms with Gasteiger partial charge in [0.1, 0.15) is 0 Å². The molecule has 0 aliphatic rings. The van der Waals surface area contributed by atoms with Crippen molar-refractivity contribution >= 4 is 5.91 Å². The summed E-state index contributed by atoms with van der Waals surface area (Å²) in [5, 5.41) is 2.80.